The number of urea groups is 1. The molecule has 3 aromatic heterocycles. The van der Waals surface area contributed by atoms with Crippen molar-refractivity contribution < 1.29 is 18.6 Å². The van der Waals surface area contributed by atoms with Crippen LogP contribution in [0.5, 0.6) is 0 Å². The molecule has 0 aromatic carbocycles. The molecule has 0 saturated heterocycles. The lowest BCUT2D eigenvalue weighted by Crippen LogP contribution is -2.40. The number of aromatic nitrogens is 5. The van der Waals surface area contributed by atoms with Gasteiger partial charge in [-0.2, -0.15) is 9.97 Å². The number of amides is 2. The summed E-state index contributed by atoms with van der Waals surface area (Å²) in [6.45, 7) is 4.47. The Morgan fingerprint density at radius 2 is 2.14 bits per heavy atom. The Hall–Kier alpha value is -3.34. The second-order valence-electron chi connectivity index (χ2n) is 5.89. The van der Waals surface area contributed by atoms with Gasteiger partial charge in [0.05, 0.1) is 0 Å². The van der Waals surface area contributed by atoms with Gasteiger partial charge in [-0.3, -0.25) is 4.98 Å². The van der Waals surface area contributed by atoms with Crippen molar-refractivity contribution in [3.8, 4) is 11.5 Å². The van der Waals surface area contributed by atoms with Gasteiger partial charge in [0.2, 0.25) is 17.6 Å². The van der Waals surface area contributed by atoms with E-state index in [0.29, 0.717) is 29.8 Å². The van der Waals surface area contributed by atoms with Gasteiger partial charge < -0.3 is 24.0 Å². The fourth-order valence-corrected chi connectivity index (χ4v) is 2.38. The molecule has 148 valence electrons. The highest BCUT2D eigenvalue weighted by Gasteiger charge is 2.22. The van der Waals surface area contributed by atoms with Crippen LogP contribution in [0.2, 0.25) is 0 Å². The van der Waals surface area contributed by atoms with Crippen LogP contribution in [-0.4, -0.2) is 49.9 Å². The zero-order chi connectivity index (χ0) is 19.9. The Bertz CT molecular complexity index is 896. The maximum absolute atomic E-state index is 12.6. The first-order chi connectivity index (χ1) is 13.6. The molecule has 0 fully saturated rings. The lowest BCUT2D eigenvalue weighted by Gasteiger charge is -2.21. The molecular formula is C17H21N7O4. The fourth-order valence-electron chi connectivity index (χ4n) is 2.38. The van der Waals surface area contributed by atoms with Gasteiger partial charge in [0, 0.05) is 19.9 Å². The first-order valence-corrected chi connectivity index (χ1v) is 8.71. The SMILES string of the molecule is CCN(Cc1nc(COC)no1)C(=O)N[C@@H](C)c1nc(-c2ccccn2)no1. The highest BCUT2D eigenvalue weighted by Crippen LogP contribution is 2.16. The summed E-state index contributed by atoms with van der Waals surface area (Å²) in [5.74, 6) is 1.40. The molecular weight excluding hydrogens is 366 g/mol. The van der Waals surface area contributed by atoms with E-state index >= 15 is 0 Å². The van der Waals surface area contributed by atoms with Crippen LogP contribution in [0.4, 0.5) is 4.79 Å². The van der Waals surface area contributed by atoms with Gasteiger partial charge in [-0.15, -0.1) is 0 Å². The number of nitrogens with zero attached hydrogens (tertiary/aromatic N) is 6. The summed E-state index contributed by atoms with van der Waals surface area (Å²) in [6.07, 6.45) is 1.64. The highest BCUT2D eigenvalue weighted by molar-refractivity contribution is 5.74. The van der Waals surface area contributed by atoms with Gasteiger partial charge in [-0.25, -0.2) is 4.79 Å². The van der Waals surface area contributed by atoms with Gasteiger partial charge in [0.1, 0.15) is 24.9 Å². The predicted octanol–water partition coefficient (Wildman–Crippen LogP) is 1.95. The van der Waals surface area contributed by atoms with Crippen molar-refractivity contribution in [3.05, 3.63) is 42.0 Å². The zero-order valence-electron chi connectivity index (χ0n) is 15.8. The molecule has 2 amide bonds. The molecule has 11 nitrogen and oxygen atoms in total. The average molecular weight is 387 g/mol. The van der Waals surface area contributed by atoms with E-state index in [1.807, 2.05) is 13.0 Å². The molecule has 3 heterocycles. The maximum Gasteiger partial charge on any atom is 0.318 e. The van der Waals surface area contributed by atoms with Crippen molar-refractivity contribution in [3.63, 3.8) is 0 Å². The van der Waals surface area contributed by atoms with Crippen molar-refractivity contribution in [2.24, 2.45) is 0 Å². The third kappa shape index (κ3) is 4.68. The first-order valence-electron chi connectivity index (χ1n) is 8.71. The van der Waals surface area contributed by atoms with E-state index in [1.165, 1.54) is 4.90 Å². The monoisotopic (exact) mass is 387 g/mol. The Morgan fingerprint density at radius 1 is 1.29 bits per heavy atom. The predicted molar refractivity (Wildman–Crippen MR) is 95.6 cm³/mol. The van der Waals surface area contributed by atoms with E-state index < -0.39 is 6.04 Å². The Labute approximate surface area is 161 Å². The number of rotatable bonds is 8. The smallest absolute Gasteiger partial charge is 0.318 e. The summed E-state index contributed by atoms with van der Waals surface area (Å²) in [5, 5.41) is 10.5. The van der Waals surface area contributed by atoms with E-state index in [-0.39, 0.29) is 25.1 Å². The summed E-state index contributed by atoms with van der Waals surface area (Å²) < 4.78 is 15.3. The van der Waals surface area contributed by atoms with Crippen LogP contribution in [0, 0.1) is 0 Å². The zero-order valence-corrected chi connectivity index (χ0v) is 15.8. The van der Waals surface area contributed by atoms with Crippen LogP contribution in [0.15, 0.2) is 33.4 Å². The van der Waals surface area contributed by atoms with Gasteiger partial charge in [0.15, 0.2) is 5.82 Å². The standard InChI is InChI=1S/C17H21N7O4/c1-4-24(9-14-20-13(10-26-3)22-27-14)17(25)19-11(2)16-21-15(23-28-16)12-7-5-6-8-18-12/h5-8,11H,4,9-10H2,1-3H3,(H,19,25)/t11-/m0/s1. The van der Waals surface area contributed by atoms with Crippen LogP contribution < -0.4 is 5.32 Å². The molecule has 1 N–H and O–H groups in total. The number of pyridine rings is 1. The molecule has 0 saturated carbocycles. The molecule has 3 aromatic rings. The number of carbonyl (C=O) groups is 1. The Morgan fingerprint density at radius 3 is 2.86 bits per heavy atom. The molecule has 0 aliphatic heterocycles. The molecule has 11 heteroatoms. The molecule has 28 heavy (non-hydrogen) atoms. The van der Waals surface area contributed by atoms with E-state index in [9.17, 15) is 4.79 Å². The quantitative estimate of drug-likeness (QED) is 0.615. The molecule has 0 aliphatic rings. The Balaban J connectivity index is 1.61. The second-order valence-corrected chi connectivity index (χ2v) is 5.89. The summed E-state index contributed by atoms with van der Waals surface area (Å²) in [7, 11) is 1.54. The van der Waals surface area contributed by atoms with Crippen molar-refractivity contribution in [1.29, 1.82) is 0 Å². The summed E-state index contributed by atoms with van der Waals surface area (Å²) in [6, 6.07) is 4.60. The number of carbonyl (C=O) groups excluding carboxylic acids is 1. The lowest BCUT2D eigenvalue weighted by atomic mass is 10.3. The minimum atomic E-state index is -0.488. The minimum absolute atomic E-state index is 0.175. The summed E-state index contributed by atoms with van der Waals surface area (Å²) >= 11 is 0. The summed E-state index contributed by atoms with van der Waals surface area (Å²) in [4.78, 5) is 26.7. The van der Waals surface area contributed by atoms with Crippen molar-refractivity contribution in [1.82, 2.24) is 35.5 Å². The highest BCUT2D eigenvalue weighted by atomic mass is 16.5. The second kappa shape index (κ2) is 9.04. The number of nitrogens with one attached hydrogen (secondary N) is 1. The maximum atomic E-state index is 12.6. The van der Waals surface area contributed by atoms with Crippen molar-refractivity contribution in [2.75, 3.05) is 13.7 Å². The fraction of sp³-hybridized carbons (Fsp3) is 0.412. The van der Waals surface area contributed by atoms with Crippen LogP contribution in [0.1, 0.15) is 37.5 Å². The van der Waals surface area contributed by atoms with Crippen LogP contribution in [-0.2, 0) is 17.9 Å². The summed E-state index contributed by atoms with van der Waals surface area (Å²) in [5.41, 5.74) is 0.592. The molecule has 0 aliphatic carbocycles. The van der Waals surface area contributed by atoms with Crippen LogP contribution >= 0.6 is 0 Å². The third-order valence-corrected chi connectivity index (χ3v) is 3.82. The van der Waals surface area contributed by atoms with E-state index in [0.717, 1.165) is 0 Å². The molecule has 1 atom stereocenters. The van der Waals surface area contributed by atoms with Crippen LogP contribution in [0.3, 0.4) is 0 Å². The van der Waals surface area contributed by atoms with Gasteiger partial charge in [0.25, 0.3) is 0 Å². The lowest BCUT2D eigenvalue weighted by molar-refractivity contribution is 0.174. The van der Waals surface area contributed by atoms with E-state index in [1.54, 1.807) is 32.4 Å². The molecule has 0 bridgehead atoms. The number of hydrogen-bond acceptors (Lipinski definition) is 9. The molecule has 3 rings (SSSR count). The average Bonchev–Trinajstić information content (AvgIpc) is 3.37. The van der Waals surface area contributed by atoms with Crippen LogP contribution in [0.25, 0.3) is 11.5 Å². The van der Waals surface area contributed by atoms with Gasteiger partial charge in [-0.1, -0.05) is 16.4 Å². The largest absolute Gasteiger partial charge is 0.377 e. The third-order valence-electron chi connectivity index (χ3n) is 3.82. The van der Waals surface area contributed by atoms with E-state index in [2.05, 4.69) is 30.6 Å². The van der Waals surface area contributed by atoms with Crippen molar-refractivity contribution >= 4 is 6.03 Å². The Kier molecular flexibility index (Phi) is 6.27. The molecule has 0 radical (unpaired) electrons. The van der Waals surface area contributed by atoms with E-state index in [4.69, 9.17) is 13.8 Å². The first kappa shape index (κ1) is 19.4. The number of ether oxygens (including phenoxy) is 1. The van der Waals surface area contributed by atoms with Gasteiger partial charge in [-0.05, 0) is 26.0 Å². The van der Waals surface area contributed by atoms with Crippen molar-refractivity contribution in [2.45, 2.75) is 33.0 Å². The minimum Gasteiger partial charge on any atom is -0.377 e. The normalized spacial score (nSPS) is 12.0. The number of hydrogen-bond donors (Lipinski definition) is 1. The van der Waals surface area contributed by atoms with Gasteiger partial charge >= 0.3 is 6.03 Å². The number of methoxy groups -OCH3 is 1. The molecule has 0 unspecified atom stereocenters. The molecule has 0 spiro atoms. The topological polar surface area (TPSA) is 132 Å².